The van der Waals surface area contributed by atoms with Gasteiger partial charge in [-0.1, -0.05) is 12.1 Å². The molecule has 1 fully saturated rings. The lowest BCUT2D eigenvalue weighted by Gasteiger charge is -2.32. The number of nitrogens with zero attached hydrogens (tertiary/aromatic N) is 2. The standard InChI is InChI=1S/C18H21N3O3S/c1-12-11-25-17(20-12)16-10-21(7-8-24-16)18(23)15-5-3-14(4-6-15)9-19-13(2)22/h3-6,11,16H,7-10H2,1-2H3,(H,19,22). The summed E-state index contributed by atoms with van der Waals surface area (Å²) in [6.45, 7) is 5.50. The molecule has 1 aliphatic heterocycles. The van der Waals surface area contributed by atoms with E-state index in [1.54, 1.807) is 23.5 Å². The highest BCUT2D eigenvalue weighted by Crippen LogP contribution is 2.26. The lowest BCUT2D eigenvalue weighted by molar-refractivity contribution is -0.119. The number of aromatic nitrogens is 1. The van der Waals surface area contributed by atoms with Crippen LogP contribution in [0.1, 0.15) is 39.7 Å². The van der Waals surface area contributed by atoms with E-state index in [4.69, 9.17) is 4.74 Å². The molecule has 2 amide bonds. The lowest BCUT2D eigenvalue weighted by atomic mass is 10.1. The van der Waals surface area contributed by atoms with E-state index in [0.717, 1.165) is 16.3 Å². The molecule has 1 aromatic heterocycles. The van der Waals surface area contributed by atoms with Gasteiger partial charge in [-0.2, -0.15) is 0 Å². The molecule has 2 heterocycles. The molecule has 0 spiro atoms. The highest BCUT2D eigenvalue weighted by molar-refractivity contribution is 7.09. The van der Waals surface area contributed by atoms with Crippen LogP contribution in [0.2, 0.25) is 0 Å². The van der Waals surface area contributed by atoms with Crippen molar-refractivity contribution in [2.75, 3.05) is 19.7 Å². The van der Waals surface area contributed by atoms with Crippen molar-refractivity contribution in [1.29, 1.82) is 0 Å². The summed E-state index contributed by atoms with van der Waals surface area (Å²) < 4.78 is 5.78. The number of hydrogen-bond acceptors (Lipinski definition) is 5. The molecule has 6 nitrogen and oxygen atoms in total. The summed E-state index contributed by atoms with van der Waals surface area (Å²) in [5.41, 5.74) is 2.58. The summed E-state index contributed by atoms with van der Waals surface area (Å²) in [5.74, 6) is -0.0791. The van der Waals surface area contributed by atoms with Gasteiger partial charge in [-0.05, 0) is 24.6 Å². The first-order valence-corrected chi connectivity index (χ1v) is 9.07. The maximum absolute atomic E-state index is 12.7. The Balaban J connectivity index is 1.64. The van der Waals surface area contributed by atoms with E-state index >= 15 is 0 Å². The van der Waals surface area contributed by atoms with E-state index in [2.05, 4.69) is 10.3 Å². The monoisotopic (exact) mass is 359 g/mol. The van der Waals surface area contributed by atoms with Crippen molar-refractivity contribution in [3.63, 3.8) is 0 Å². The number of ether oxygens (including phenoxy) is 1. The highest BCUT2D eigenvalue weighted by Gasteiger charge is 2.27. The Morgan fingerprint density at radius 3 is 2.76 bits per heavy atom. The molecule has 1 aromatic carbocycles. The molecule has 1 aliphatic rings. The van der Waals surface area contributed by atoms with E-state index < -0.39 is 0 Å². The number of morpholine rings is 1. The fraction of sp³-hybridized carbons (Fsp3) is 0.389. The van der Waals surface area contributed by atoms with Crippen molar-refractivity contribution in [1.82, 2.24) is 15.2 Å². The van der Waals surface area contributed by atoms with E-state index in [0.29, 0.717) is 31.8 Å². The zero-order valence-corrected chi connectivity index (χ0v) is 15.1. The number of thiazole rings is 1. The Kier molecular flexibility index (Phi) is 5.45. The second-order valence-corrected chi connectivity index (χ2v) is 6.93. The molecular formula is C18H21N3O3S. The molecule has 2 aromatic rings. The van der Waals surface area contributed by atoms with Gasteiger partial charge in [0.15, 0.2) is 0 Å². The van der Waals surface area contributed by atoms with Gasteiger partial charge in [0.25, 0.3) is 5.91 Å². The van der Waals surface area contributed by atoms with Crippen LogP contribution >= 0.6 is 11.3 Å². The summed E-state index contributed by atoms with van der Waals surface area (Å²) in [4.78, 5) is 30.0. The average Bonchev–Trinajstić information content (AvgIpc) is 3.06. The first-order chi connectivity index (χ1) is 12.0. The molecule has 1 saturated heterocycles. The van der Waals surface area contributed by atoms with Crippen LogP contribution < -0.4 is 5.32 Å². The van der Waals surface area contributed by atoms with E-state index in [1.807, 2.05) is 29.3 Å². The molecule has 7 heteroatoms. The molecular weight excluding hydrogens is 338 g/mol. The van der Waals surface area contributed by atoms with E-state index in [1.165, 1.54) is 6.92 Å². The molecule has 132 valence electrons. The van der Waals surface area contributed by atoms with E-state index in [-0.39, 0.29) is 17.9 Å². The van der Waals surface area contributed by atoms with Crippen molar-refractivity contribution in [2.24, 2.45) is 0 Å². The Morgan fingerprint density at radius 1 is 1.36 bits per heavy atom. The number of carbonyl (C=O) groups excluding carboxylic acids is 2. The predicted molar refractivity (Wildman–Crippen MR) is 95.4 cm³/mol. The van der Waals surface area contributed by atoms with Gasteiger partial charge in [0, 0.05) is 36.7 Å². The SMILES string of the molecule is CC(=O)NCc1ccc(C(=O)N2CCOC(c3nc(C)cs3)C2)cc1. The quantitative estimate of drug-likeness (QED) is 0.909. The maximum Gasteiger partial charge on any atom is 0.254 e. The maximum atomic E-state index is 12.7. The number of nitrogens with one attached hydrogen (secondary N) is 1. The van der Waals surface area contributed by atoms with Crippen LogP contribution in [0, 0.1) is 6.92 Å². The van der Waals surface area contributed by atoms with Gasteiger partial charge >= 0.3 is 0 Å². The lowest BCUT2D eigenvalue weighted by Crippen LogP contribution is -2.42. The third kappa shape index (κ3) is 4.43. The molecule has 25 heavy (non-hydrogen) atoms. The van der Waals surface area contributed by atoms with Crippen LogP contribution in [0.5, 0.6) is 0 Å². The van der Waals surface area contributed by atoms with Crippen LogP contribution in [0.15, 0.2) is 29.6 Å². The number of carbonyl (C=O) groups is 2. The van der Waals surface area contributed by atoms with Gasteiger partial charge < -0.3 is 15.0 Å². The Hall–Kier alpha value is -2.25. The van der Waals surface area contributed by atoms with Crippen LogP contribution in [0.3, 0.4) is 0 Å². The molecule has 1 N–H and O–H groups in total. The van der Waals surface area contributed by atoms with Crippen LogP contribution in [0.4, 0.5) is 0 Å². The van der Waals surface area contributed by atoms with Crippen molar-refractivity contribution in [3.8, 4) is 0 Å². The first-order valence-electron chi connectivity index (χ1n) is 8.19. The van der Waals surface area contributed by atoms with Gasteiger partial charge in [0.1, 0.15) is 11.1 Å². The molecule has 0 aliphatic carbocycles. The van der Waals surface area contributed by atoms with Crippen molar-refractivity contribution >= 4 is 23.2 Å². The third-order valence-corrected chi connectivity index (χ3v) is 5.06. The van der Waals surface area contributed by atoms with Crippen LogP contribution in [0.25, 0.3) is 0 Å². The minimum atomic E-state index is -0.157. The smallest absolute Gasteiger partial charge is 0.254 e. The highest BCUT2D eigenvalue weighted by atomic mass is 32.1. The molecule has 3 rings (SSSR count). The van der Waals surface area contributed by atoms with Gasteiger partial charge in [0.05, 0.1) is 13.2 Å². The summed E-state index contributed by atoms with van der Waals surface area (Å²) in [6.07, 6.45) is -0.157. The van der Waals surface area contributed by atoms with Gasteiger partial charge in [0.2, 0.25) is 5.91 Å². The average molecular weight is 359 g/mol. The second kappa shape index (κ2) is 7.76. The second-order valence-electron chi connectivity index (χ2n) is 6.04. The third-order valence-electron chi connectivity index (χ3n) is 4.01. The predicted octanol–water partition coefficient (Wildman–Crippen LogP) is 2.30. The Bertz CT molecular complexity index is 757. The number of benzene rings is 1. The Morgan fingerprint density at radius 2 is 2.12 bits per heavy atom. The molecule has 0 radical (unpaired) electrons. The molecule has 1 atom stereocenters. The Labute approximate surface area is 150 Å². The number of hydrogen-bond donors (Lipinski definition) is 1. The minimum Gasteiger partial charge on any atom is -0.367 e. The zero-order valence-electron chi connectivity index (χ0n) is 14.3. The zero-order chi connectivity index (χ0) is 17.8. The van der Waals surface area contributed by atoms with E-state index in [9.17, 15) is 9.59 Å². The van der Waals surface area contributed by atoms with Gasteiger partial charge in [-0.25, -0.2) is 4.98 Å². The molecule has 0 bridgehead atoms. The topological polar surface area (TPSA) is 71.5 Å². The van der Waals surface area contributed by atoms with Crippen LogP contribution in [-0.4, -0.2) is 41.4 Å². The van der Waals surface area contributed by atoms with Gasteiger partial charge in [-0.15, -0.1) is 11.3 Å². The van der Waals surface area contributed by atoms with Crippen molar-refractivity contribution < 1.29 is 14.3 Å². The van der Waals surface area contributed by atoms with Crippen LogP contribution in [-0.2, 0) is 16.1 Å². The van der Waals surface area contributed by atoms with Gasteiger partial charge in [-0.3, -0.25) is 9.59 Å². The number of rotatable bonds is 4. The number of amides is 2. The normalized spacial score (nSPS) is 17.4. The summed E-state index contributed by atoms with van der Waals surface area (Å²) in [7, 11) is 0. The number of aryl methyl sites for hydroxylation is 1. The fourth-order valence-corrected chi connectivity index (χ4v) is 3.51. The summed E-state index contributed by atoms with van der Waals surface area (Å²) >= 11 is 1.57. The van der Waals surface area contributed by atoms with Crippen molar-refractivity contribution in [3.05, 3.63) is 51.5 Å². The summed E-state index contributed by atoms with van der Waals surface area (Å²) in [5, 5.41) is 5.65. The fourth-order valence-electron chi connectivity index (χ4n) is 2.68. The first kappa shape index (κ1) is 17.6. The largest absolute Gasteiger partial charge is 0.367 e. The summed E-state index contributed by atoms with van der Waals surface area (Å²) in [6, 6.07) is 7.34. The van der Waals surface area contributed by atoms with Crippen molar-refractivity contribution in [2.45, 2.75) is 26.5 Å². The minimum absolute atomic E-state index is 0.00680. The molecule has 0 saturated carbocycles. The molecule has 1 unspecified atom stereocenters.